The number of carbonyl (C=O) groups excluding carboxylic acids is 1. The highest BCUT2D eigenvalue weighted by Crippen LogP contribution is 2.31. The van der Waals surface area contributed by atoms with Gasteiger partial charge in [-0.2, -0.15) is 5.10 Å². The third-order valence-electron chi connectivity index (χ3n) is 5.61. The van der Waals surface area contributed by atoms with E-state index in [1.807, 2.05) is 17.7 Å². The van der Waals surface area contributed by atoms with Crippen molar-refractivity contribution in [2.24, 2.45) is 0 Å². The van der Waals surface area contributed by atoms with Crippen molar-refractivity contribution in [1.82, 2.24) is 14.7 Å². The van der Waals surface area contributed by atoms with Crippen LogP contribution in [0.25, 0.3) is 10.2 Å². The average Bonchev–Trinajstić information content (AvgIpc) is 3.26. The van der Waals surface area contributed by atoms with Crippen LogP contribution in [0.4, 0.5) is 0 Å². The van der Waals surface area contributed by atoms with Crippen LogP contribution >= 0.6 is 11.3 Å². The molecule has 1 aliphatic rings. The van der Waals surface area contributed by atoms with E-state index >= 15 is 0 Å². The Kier molecular flexibility index (Phi) is 5.30. The van der Waals surface area contributed by atoms with E-state index < -0.39 is 0 Å². The zero-order valence-corrected chi connectivity index (χ0v) is 17.0. The molecule has 1 aliphatic carbocycles. The molecule has 142 valence electrons. The molecule has 0 unspecified atom stereocenters. The zero-order valence-electron chi connectivity index (χ0n) is 16.1. The van der Waals surface area contributed by atoms with Crippen LogP contribution < -0.4 is 0 Å². The first-order valence-corrected chi connectivity index (χ1v) is 10.8. The lowest BCUT2D eigenvalue weighted by molar-refractivity contribution is 0.0653. The first-order chi connectivity index (χ1) is 13.2. The Morgan fingerprint density at radius 1 is 1.22 bits per heavy atom. The second-order valence-corrected chi connectivity index (χ2v) is 8.47. The fourth-order valence-corrected chi connectivity index (χ4v) is 5.30. The van der Waals surface area contributed by atoms with Gasteiger partial charge < -0.3 is 4.90 Å². The lowest BCUT2D eigenvalue weighted by atomic mass is 9.94. The molecule has 0 saturated heterocycles. The number of carbonyl (C=O) groups is 1. The molecular weight excluding hydrogens is 354 g/mol. The van der Waals surface area contributed by atoms with E-state index in [0.717, 1.165) is 46.7 Å². The van der Waals surface area contributed by atoms with Gasteiger partial charge in [0, 0.05) is 18.0 Å². The summed E-state index contributed by atoms with van der Waals surface area (Å²) in [5, 5.41) is 5.81. The van der Waals surface area contributed by atoms with Crippen LogP contribution in [0.1, 0.15) is 60.0 Å². The number of thiophene rings is 1. The molecule has 0 N–H and O–H groups in total. The van der Waals surface area contributed by atoms with Crippen molar-refractivity contribution >= 4 is 27.5 Å². The Bertz CT molecular complexity index is 922. The number of fused-ring (bicyclic) bond motifs is 1. The molecule has 0 aliphatic heterocycles. The summed E-state index contributed by atoms with van der Waals surface area (Å²) in [5.74, 6) is 0.191. The molecule has 0 atom stereocenters. The molecule has 0 bridgehead atoms. The van der Waals surface area contributed by atoms with Gasteiger partial charge in [-0.05, 0) is 38.3 Å². The number of hydrogen-bond donors (Lipinski definition) is 0. The van der Waals surface area contributed by atoms with E-state index in [9.17, 15) is 4.79 Å². The number of aromatic nitrogens is 2. The summed E-state index contributed by atoms with van der Waals surface area (Å²) in [6, 6.07) is 12.8. The first kappa shape index (κ1) is 18.2. The molecule has 5 heteroatoms. The fourth-order valence-electron chi connectivity index (χ4n) is 4.18. The monoisotopic (exact) mass is 381 g/mol. The molecule has 4 rings (SSSR count). The second kappa shape index (κ2) is 7.85. The molecule has 2 aromatic heterocycles. The van der Waals surface area contributed by atoms with E-state index in [1.54, 1.807) is 11.3 Å². The summed E-state index contributed by atoms with van der Waals surface area (Å²) in [5.41, 5.74) is 2.22. The Balaban J connectivity index is 1.62. The molecule has 1 fully saturated rings. The normalized spacial score (nSPS) is 15.3. The summed E-state index contributed by atoms with van der Waals surface area (Å²) in [7, 11) is 0. The lowest BCUT2D eigenvalue weighted by Crippen LogP contribution is -2.41. The molecule has 0 radical (unpaired) electrons. The van der Waals surface area contributed by atoms with Crippen molar-refractivity contribution in [2.45, 2.75) is 58.5 Å². The topological polar surface area (TPSA) is 38.1 Å². The molecule has 1 amide bonds. The lowest BCUT2D eigenvalue weighted by Gasteiger charge is -2.33. The van der Waals surface area contributed by atoms with Crippen LogP contribution in [-0.4, -0.2) is 33.2 Å². The van der Waals surface area contributed by atoms with Crippen molar-refractivity contribution in [3.8, 4) is 0 Å². The van der Waals surface area contributed by atoms with E-state index in [4.69, 9.17) is 5.10 Å². The Labute approximate surface area is 164 Å². The SMILES string of the molecule is CCN(C(=O)c1cc2c(C)nn(Cc3ccccc3)c2s1)C1CCCCC1. The van der Waals surface area contributed by atoms with Crippen molar-refractivity contribution in [2.75, 3.05) is 6.54 Å². The number of benzene rings is 1. The molecule has 0 spiro atoms. The van der Waals surface area contributed by atoms with Crippen molar-refractivity contribution < 1.29 is 4.79 Å². The summed E-state index contributed by atoms with van der Waals surface area (Å²) in [4.78, 5) is 17.3. The summed E-state index contributed by atoms with van der Waals surface area (Å²) in [6.07, 6.45) is 6.08. The summed E-state index contributed by atoms with van der Waals surface area (Å²) in [6.45, 7) is 5.65. The quantitative estimate of drug-likeness (QED) is 0.605. The van der Waals surface area contributed by atoms with Gasteiger partial charge in [-0.25, -0.2) is 0 Å². The molecule has 2 heterocycles. The van der Waals surface area contributed by atoms with Crippen LogP contribution in [0.5, 0.6) is 0 Å². The Hall–Kier alpha value is -2.14. The van der Waals surface area contributed by atoms with Gasteiger partial charge in [-0.15, -0.1) is 11.3 Å². The predicted octanol–water partition coefficient (Wildman–Crippen LogP) is 5.25. The van der Waals surface area contributed by atoms with Crippen LogP contribution in [0.15, 0.2) is 36.4 Å². The van der Waals surface area contributed by atoms with Gasteiger partial charge in [0.2, 0.25) is 0 Å². The van der Waals surface area contributed by atoms with Crippen LogP contribution in [0.2, 0.25) is 0 Å². The van der Waals surface area contributed by atoms with Gasteiger partial charge in [-0.3, -0.25) is 9.48 Å². The smallest absolute Gasteiger partial charge is 0.264 e. The number of rotatable bonds is 5. The van der Waals surface area contributed by atoms with Crippen molar-refractivity contribution in [3.05, 3.63) is 52.5 Å². The molecule has 1 saturated carbocycles. The second-order valence-electron chi connectivity index (χ2n) is 7.44. The highest BCUT2D eigenvalue weighted by atomic mass is 32.1. The third-order valence-corrected chi connectivity index (χ3v) is 6.75. The number of hydrogen-bond acceptors (Lipinski definition) is 3. The number of amides is 1. The van der Waals surface area contributed by atoms with Gasteiger partial charge in [-0.1, -0.05) is 49.6 Å². The first-order valence-electron chi connectivity index (χ1n) is 9.99. The largest absolute Gasteiger partial charge is 0.335 e. The summed E-state index contributed by atoms with van der Waals surface area (Å²) < 4.78 is 2.04. The zero-order chi connectivity index (χ0) is 18.8. The van der Waals surface area contributed by atoms with Crippen molar-refractivity contribution in [1.29, 1.82) is 0 Å². The molecule has 1 aromatic carbocycles. The Morgan fingerprint density at radius 3 is 2.67 bits per heavy atom. The van der Waals surface area contributed by atoms with Gasteiger partial charge in [0.05, 0.1) is 17.1 Å². The number of aryl methyl sites for hydroxylation is 1. The maximum atomic E-state index is 13.2. The molecule has 27 heavy (non-hydrogen) atoms. The third kappa shape index (κ3) is 3.65. The maximum Gasteiger partial charge on any atom is 0.264 e. The highest BCUT2D eigenvalue weighted by Gasteiger charge is 2.27. The minimum Gasteiger partial charge on any atom is -0.335 e. The van der Waals surface area contributed by atoms with E-state index in [0.29, 0.717) is 6.04 Å². The minimum absolute atomic E-state index is 0.191. The summed E-state index contributed by atoms with van der Waals surface area (Å²) >= 11 is 1.59. The highest BCUT2D eigenvalue weighted by molar-refractivity contribution is 7.20. The molecule has 3 aromatic rings. The van der Waals surface area contributed by atoms with E-state index in [1.165, 1.54) is 24.8 Å². The van der Waals surface area contributed by atoms with Gasteiger partial charge in [0.1, 0.15) is 4.83 Å². The van der Waals surface area contributed by atoms with Crippen LogP contribution in [0.3, 0.4) is 0 Å². The van der Waals surface area contributed by atoms with Gasteiger partial charge in [0.25, 0.3) is 5.91 Å². The van der Waals surface area contributed by atoms with Crippen molar-refractivity contribution in [3.63, 3.8) is 0 Å². The van der Waals surface area contributed by atoms with E-state index in [-0.39, 0.29) is 5.91 Å². The fraction of sp³-hybridized carbons (Fsp3) is 0.455. The number of nitrogens with zero attached hydrogens (tertiary/aromatic N) is 3. The standard InChI is InChI=1S/C22H27N3OS/c1-3-24(18-12-8-5-9-13-18)21(26)20-14-19-16(2)23-25(22(19)27-20)15-17-10-6-4-7-11-17/h4,6-7,10-11,14,18H,3,5,8-9,12-13,15H2,1-2H3. The molecule has 4 nitrogen and oxygen atoms in total. The Morgan fingerprint density at radius 2 is 1.96 bits per heavy atom. The maximum absolute atomic E-state index is 13.2. The average molecular weight is 382 g/mol. The van der Waals surface area contributed by atoms with Crippen LogP contribution in [0, 0.1) is 6.92 Å². The minimum atomic E-state index is 0.191. The molecular formula is C22H27N3OS. The van der Waals surface area contributed by atoms with Crippen LogP contribution in [-0.2, 0) is 6.54 Å². The van der Waals surface area contributed by atoms with E-state index in [2.05, 4.69) is 42.2 Å². The van der Waals surface area contributed by atoms with Gasteiger partial charge in [0.15, 0.2) is 0 Å². The predicted molar refractivity (Wildman–Crippen MR) is 111 cm³/mol. The van der Waals surface area contributed by atoms with Gasteiger partial charge >= 0.3 is 0 Å².